The Kier molecular flexibility index (Phi) is 8.36. The summed E-state index contributed by atoms with van der Waals surface area (Å²) in [5.74, 6) is 2.12. The molecule has 2 bridgehead atoms. The first kappa shape index (κ1) is 33.3. The van der Waals surface area contributed by atoms with Gasteiger partial charge in [-0.3, -0.25) is 4.79 Å². The normalized spacial score (nSPS) is 23.5. The van der Waals surface area contributed by atoms with E-state index in [-0.39, 0.29) is 23.9 Å². The highest BCUT2D eigenvalue weighted by molar-refractivity contribution is 6.05. The zero-order chi connectivity index (χ0) is 36.3. The number of H-pyrrole nitrogens is 2. The lowest BCUT2D eigenvalue weighted by atomic mass is 9.89. The molecule has 11 heteroatoms. The van der Waals surface area contributed by atoms with E-state index in [1.165, 1.54) is 30.0 Å². The van der Waals surface area contributed by atoms with E-state index in [1.54, 1.807) is 0 Å². The van der Waals surface area contributed by atoms with E-state index in [4.69, 9.17) is 19.4 Å². The molecule has 2 amide bonds. The quantitative estimate of drug-likeness (QED) is 0.134. The third kappa shape index (κ3) is 5.81. The number of nitrogens with one attached hydrogen (secondary N) is 4. The Morgan fingerprint density at radius 3 is 2.43 bits per heavy atom. The first-order valence-corrected chi connectivity index (χ1v) is 19.5. The minimum atomic E-state index is -0.656. The lowest BCUT2D eigenvalue weighted by Gasteiger charge is -2.39. The summed E-state index contributed by atoms with van der Waals surface area (Å²) in [6, 6.07) is 23.8. The number of methoxy groups -OCH3 is 1. The molecule has 1 saturated carbocycles. The summed E-state index contributed by atoms with van der Waals surface area (Å²) in [5.41, 5.74) is 6.42. The van der Waals surface area contributed by atoms with Crippen LogP contribution in [0.25, 0.3) is 55.0 Å². The van der Waals surface area contributed by atoms with Crippen LogP contribution in [0.5, 0.6) is 0 Å². The van der Waals surface area contributed by atoms with Gasteiger partial charge in [-0.05, 0) is 115 Å². The topological polar surface area (TPSA) is 137 Å². The van der Waals surface area contributed by atoms with Gasteiger partial charge in [0.15, 0.2) is 0 Å². The fourth-order valence-electron chi connectivity index (χ4n) is 9.74. The van der Waals surface area contributed by atoms with Crippen molar-refractivity contribution in [3.63, 3.8) is 0 Å². The van der Waals surface area contributed by atoms with Crippen molar-refractivity contribution >= 4 is 44.6 Å². The van der Waals surface area contributed by atoms with Crippen LogP contribution >= 0.6 is 0 Å². The maximum atomic E-state index is 14.4. The number of hydrogen-bond acceptors (Lipinski definition) is 7. The van der Waals surface area contributed by atoms with Crippen LogP contribution in [0.4, 0.5) is 4.79 Å². The highest BCUT2D eigenvalue weighted by Gasteiger charge is 2.52. The predicted molar refractivity (Wildman–Crippen MR) is 208 cm³/mol. The molecule has 3 aliphatic heterocycles. The molecule has 0 radical (unpaired) electrons. The van der Waals surface area contributed by atoms with Gasteiger partial charge in [-0.2, -0.15) is 0 Å². The van der Waals surface area contributed by atoms with Crippen LogP contribution in [0.2, 0.25) is 0 Å². The molecule has 0 unspecified atom stereocenters. The second-order valence-corrected chi connectivity index (χ2v) is 15.6. The number of benzene rings is 4. The van der Waals surface area contributed by atoms with E-state index in [1.807, 2.05) is 11.1 Å². The summed E-state index contributed by atoms with van der Waals surface area (Å²) in [6.45, 7) is 2.21. The van der Waals surface area contributed by atoms with Crippen LogP contribution in [-0.4, -0.2) is 75.8 Å². The molecule has 5 heterocycles. The summed E-state index contributed by atoms with van der Waals surface area (Å²) in [7, 11) is 1.34. The molecule has 4 N–H and O–H groups in total. The summed E-state index contributed by atoms with van der Waals surface area (Å²) < 4.78 is 10.5. The number of carbonyl (C=O) groups is 2. The van der Waals surface area contributed by atoms with Crippen molar-refractivity contribution in [2.75, 3.05) is 26.9 Å². The number of piperidine rings is 1. The lowest BCUT2D eigenvalue weighted by molar-refractivity contribution is -0.140. The molecule has 6 aromatic rings. The van der Waals surface area contributed by atoms with Crippen molar-refractivity contribution in [1.82, 2.24) is 35.5 Å². The van der Waals surface area contributed by atoms with Gasteiger partial charge >= 0.3 is 6.09 Å². The Bertz CT molecular complexity index is 2390. The molecule has 54 heavy (non-hydrogen) atoms. The number of ether oxygens (including phenoxy) is 2. The Morgan fingerprint density at radius 2 is 1.63 bits per heavy atom. The van der Waals surface area contributed by atoms with Crippen molar-refractivity contribution in [2.45, 2.75) is 69.1 Å². The number of amides is 2. The molecule has 2 aromatic heterocycles. The lowest BCUT2D eigenvalue weighted by Crippen LogP contribution is -2.55. The summed E-state index contributed by atoms with van der Waals surface area (Å²) in [6.07, 6.45) is 8.03. The Balaban J connectivity index is 0.902. The Labute approximate surface area is 313 Å². The van der Waals surface area contributed by atoms with Gasteiger partial charge in [-0.25, -0.2) is 14.8 Å². The maximum absolute atomic E-state index is 14.4. The zero-order valence-electron chi connectivity index (χ0n) is 30.4. The summed E-state index contributed by atoms with van der Waals surface area (Å²) in [4.78, 5) is 45.8. The first-order valence-electron chi connectivity index (χ1n) is 19.5. The number of rotatable bonds is 7. The third-order valence-corrected chi connectivity index (χ3v) is 12.5. The SMILES string of the molecule is COC(=O)N[C@H](C(=O)N1[C@@H]2CC[C@@H](C2)[C@H]1c1ncc(-c2ccc3cc(-c4ccc5c(ccc6[nH]c([C@@H]7CCCN7)nc65)c4)ccc3c2)[nH]1)C1CCOCC1. The largest absolute Gasteiger partial charge is 0.453 e. The molecule has 0 spiro atoms. The summed E-state index contributed by atoms with van der Waals surface area (Å²) >= 11 is 0. The van der Waals surface area contributed by atoms with Gasteiger partial charge in [0.25, 0.3) is 0 Å². The van der Waals surface area contributed by atoms with Crippen molar-refractivity contribution in [3.8, 4) is 22.4 Å². The number of hydrogen-bond donors (Lipinski definition) is 4. The highest BCUT2D eigenvalue weighted by Crippen LogP contribution is 2.50. The van der Waals surface area contributed by atoms with Crippen LogP contribution in [-0.2, 0) is 14.3 Å². The van der Waals surface area contributed by atoms with Gasteiger partial charge < -0.3 is 35.0 Å². The number of nitrogens with zero attached hydrogens (tertiary/aromatic N) is 3. The molecule has 276 valence electrons. The number of fused-ring (bicyclic) bond motifs is 6. The molecule has 1 aliphatic carbocycles. The van der Waals surface area contributed by atoms with E-state index in [0.717, 1.165) is 95.2 Å². The first-order chi connectivity index (χ1) is 26.5. The minimum Gasteiger partial charge on any atom is -0.453 e. The van der Waals surface area contributed by atoms with Gasteiger partial charge in [-0.1, -0.05) is 42.5 Å². The van der Waals surface area contributed by atoms with Crippen molar-refractivity contribution < 1.29 is 19.1 Å². The van der Waals surface area contributed by atoms with Gasteiger partial charge in [0.2, 0.25) is 5.91 Å². The fraction of sp³-hybridized carbons (Fsp3) is 0.395. The number of carbonyl (C=O) groups excluding carboxylic acids is 2. The maximum Gasteiger partial charge on any atom is 0.407 e. The molecule has 5 atom stereocenters. The van der Waals surface area contributed by atoms with Gasteiger partial charge in [0.05, 0.1) is 42.1 Å². The average Bonchev–Trinajstić information content (AvgIpc) is 4.07. The molecule has 4 fully saturated rings. The van der Waals surface area contributed by atoms with Crippen LogP contribution in [0.1, 0.15) is 68.7 Å². The van der Waals surface area contributed by atoms with Crippen molar-refractivity contribution in [2.24, 2.45) is 11.8 Å². The van der Waals surface area contributed by atoms with Crippen molar-refractivity contribution in [3.05, 3.63) is 84.6 Å². The minimum absolute atomic E-state index is 0.00276. The van der Waals surface area contributed by atoms with Crippen LogP contribution in [0.15, 0.2) is 72.9 Å². The molecule has 10 rings (SSSR count). The second kappa shape index (κ2) is 13.5. The van der Waals surface area contributed by atoms with Gasteiger partial charge in [0, 0.05) is 30.2 Å². The number of imidazole rings is 2. The molecule has 3 saturated heterocycles. The monoisotopic (exact) mass is 723 g/mol. The smallest absolute Gasteiger partial charge is 0.407 e. The van der Waals surface area contributed by atoms with E-state index in [9.17, 15) is 9.59 Å². The number of alkyl carbamates (subject to hydrolysis) is 1. The van der Waals surface area contributed by atoms with Crippen LogP contribution in [0, 0.1) is 11.8 Å². The van der Waals surface area contributed by atoms with Crippen molar-refractivity contribution in [1.29, 1.82) is 0 Å². The Hall–Kier alpha value is -5.26. The Morgan fingerprint density at radius 1 is 0.870 bits per heavy atom. The predicted octanol–water partition coefficient (Wildman–Crippen LogP) is 7.55. The van der Waals surface area contributed by atoms with E-state index in [0.29, 0.717) is 25.2 Å². The van der Waals surface area contributed by atoms with E-state index >= 15 is 0 Å². The van der Waals surface area contributed by atoms with Crippen LogP contribution in [0.3, 0.4) is 0 Å². The van der Waals surface area contributed by atoms with Crippen LogP contribution < -0.4 is 10.6 Å². The molecular formula is C43H45N7O4. The molecule has 11 nitrogen and oxygen atoms in total. The highest BCUT2D eigenvalue weighted by atomic mass is 16.5. The average molecular weight is 724 g/mol. The zero-order valence-corrected chi connectivity index (χ0v) is 30.4. The van der Waals surface area contributed by atoms with Gasteiger partial charge in [0.1, 0.15) is 17.7 Å². The summed E-state index contributed by atoms with van der Waals surface area (Å²) in [5, 5.41) is 11.1. The molecule has 4 aliphatic rings. The molecule has 4 aromatic carbocycles. The number of likely N-dealkylation sites (tertiary alicyclic amines) is 1. The third-order valence-electron chi connectivity index (χ3n) is 12.5. The van der Waals surface area contributed by atoms with Gasteiger partial charge in [-0.15, -0.1) is 0 Å². The second-order valence-electron chi connectivity index (χ2n) is 15.6. The fourth-order valence-corrected chi connectivity index (χ4v) is 9.74. The van der Waals surface area contributed by atoms with E-state index in [2.05, 4.69) is 87.3 Å². The van der Waals surface area contributed by atoms with E-state index < -0.39 is 12.1 Å². The molecular weight excluding hydrogens is 679 g/mol. The number of aromatic nitrogens is 4. The number of aromatic amines is 2. The standard InChI is InChI=1S/C43H45N7O4/c1-53-43(52)49-37(24-14-17-54-18-15-24)42(51)50-32-11-8-31(22-32)39(50)41-45-23-36(47-41)30-7-6-26-19-25(4-5-27(26)21-30)28-9-12-33-29(20-28)10-13-34-38(33)48-40(46-34)35-3-2-16-44-35/h4-7,9-10,12-13,19-21,23-24,31-32,35,37,39,44H,2-3,8,11,14-18,22H2,1H3,(H,45,47)(H,46,48)(H,49,52)/t31-,32+,35-,37-,39-/m0/s1.